The quantitative estimate of drug-likeness (QED) is 0.769. The van der Waals surface area contributed by atoms with Crippen LogP contribution < -0.4 is 0 Å². The van der Waals surface area contributed by atoms with Gasteiger partial charge < -0.3 is 5.11 Å². The number of phenols is 1. The van der Waals surface area contributed by atoms with E-state index in [9.17, 15) is 21.9 Å². The summed E-state index contributed by atoms with van der Waals surface area (Å²) in [4.78, 5) is 2.92. The predicted molar refractivity (Wildman–Crippen MR) is 86.1 cm³/mol. The third kappa shape index (κ3) is 3.33. The van der Waals surface area contributed by atoms with Gasteiger partial charge in [0.25, 0.3) is 0 Å². The first kappa shape index (κ1) is 17.7. The molecule has 0 radical (unpaired) electrons. The van der Waals surface area contributed by atoms with Crippen molar-refractivity contribution in [3.63, 3.8) is 0 Å². The lowest BCUT2D eigenvalue weighted by atomic mass is 9.83. The second-order valence-corrected chi connectivity index (χ2v) is 11.5. The van der Waals surface area contributed by atoms with Crippen LogP contribution in [-0.4, -0.2) is 33.4 Å². The Balaban J connectivity index is 2.63. The van der Waals surface area contributed by atoms with Crippen molar-refractivity contribution in [2.24, 2.45) is 11.3 Å². The summed E-state index contributed by atoms with van der Waals surface area (Å²) in [5.41, 5.74) is -0.774. The highest BCUT2D eigenvalue weighted by atomic mass is 32.3. The van der Waals surface area contributed by atoms with Gasteiger partial charge in [-0.05, 0) is 17.4 Å². The fourth-order valence-electron chi connectivity index (χ4n) is 2.69. The molecule has 0 aliphatic carbocycles. The SMILES string of the molecule is CC(C)(C)C1CS(=O)(=O)C(c2cc([N+]#N)ccc2O)S(=O)(=O)C1. The summed E-state index contributed by atoms with van der Waals surface area (Å²) in [7, 11) is -8.07. The lowest BCUT2D eigenvalue weighted by molar-refractivity contribution is 0.284. The number of sulfone groups is 2. The fraction of sp³-hybridized carbons (Fsp3) is 0.571. The van der Waals surface area contributed by atoms with E-state index in [1.54, 1.807) is 20.8 Å². The van der Waals surface area contributed by atoms with Crippen LogP contribution in [0.1, 0.15) is 30.9 Å². The Kier molecular flexibility index (Phi) is 4.20. The highest BCUT2D eigenvalue weighted by Gasteiger charge is 2.50. The number of hydrogen-bond acceptors (Lipinski definition) is 6. The van der Waals surface area contributed by atoms with Gasteiger partial charge >= 0.3 is 5.69 Å². The minimum Gasteiger partial charge on any atom is -0.508 e. The Hall–Kier alpha value is -1.66. The molecule has 1 aliphatic rings. The van der Waals surface area contributed by atoms with Gasteiger partial charge in [-0.25, -0.2) is 16.8 Å². The number of benzene rings is 1. The van der Waals surface area contributed by atoms with Crippen molar-refractivity contribution in [1.29, 1.82) is 5.39 Å². The van der Waals surface area contributed by atoms with Gasteiger partial charge in [0.1, 0.15) is 5.75 Å². The smallest absolute Gasteiger partial charge is 0.385 e. The van der Waals surface area contributed by atoms with Gasteiger partial charge in [0, 0.05) is 17.7 Å². The molecule has 1 aliphatic heterocycles. The van der Waals surface area contributed by atoms with Crippen LogP contribution in [0.25, 0.3) is 4.98 Å². The van der Waals surface area contributed by atoms with E-state index in [0.717, 1.165) is 12.1 Å². The average Bonchev–Trinajstić information content (AvgIpc) is 2.37. The third-order valence-corrected chi connectivity index (χ3v) is 9.43. The van der Waals surface area contributed by atoms with Crippen LogP contribution in [0, 0.1) is 16.7 Å². The summed E-state index contributed by atoms with van der Waals surface area (Å²) >= 11 is 0. The minimum atomic E-state index is -4.04. The molecule has 0 unspecified atom stereocenters. The molecule has 1 aromatic rings. The molecule has 1 N–H and O–H groups in total. The first-order chi connectivity index (χ1) is 10.4. The third-order valence-electron chi connectivity index (χ3n) is 4.12. The molecule has 1 saturated heterocycles. The molecule has 0 aromatic heterocycles. The van der Waals surface area contributed by atoms with Gasteiger partial charge in [-0.1, -0.05) is 20.8 Å². The van der Waals surface area contributed by atoms with Gasteiger partial charge in [-0.15, -0.1) is 0 Å². The molecule has 0 spiro atoms. The van der Waals surface area contributed by atoms with E-state index in [2.05, 4.69) is 4.98 Å². The lowest BCUT2D eigenvalue weighted by Crippen LogP contribution is -2.43. The van der Waals surface area contributed by atoms with Gasteiger partial charge in [0.05, 0.1) is 11.5 Å². The maximum absolute atomic E-state index is 12.6. The summed E-state index contributed by atoms with van der Waals surface area (Å²) in [6.45, 7) is 5.39. The van der Waals surface area contributed by atoms with Crippen molar-refractivity contribution in [1.82, 2.24) is 0 Å². The molecular formula is C14H19N2O5S2+. The molecule has 0 saturated carbocycles. The second-order valence-electron chi connectivity index (χ2n) is 6.90. The van der Waals surface area contributed by atoms with Gasteiger partial charge in [0.15, 0.2) is 29.2 Å². The maximum Gasteiger partial charge on any atom is 0.385 e. The molecule has 1 fully saturated rings. The summed E-state index contributed by atoms with van der Waals surface area (Å²) in [6, 6.07) is 3.44. The summed E-state index contributed by atoms with van der Waals surface area (Å²) in [5.74, 6) is -1.54. The largest absolute Gasteiger partial charge is 0.508 e. The fourth-order valence-corrected chi connectivity index (χ4v) is 8.95. The number of aromatic hydroxyl groups is 1. The number of hydrogen-bond donors (Lipinski definition) is 1. The first-order valence-corrected chi connectivity index (χ1v) is 10.4. The van der Waals surface area contributed by atoms with E-state index in [-0.39, 0.29) is 22.8 Å². The zero-order valence-electron chi connectivity index (χ0n) is 13.1. The minimum absolute atomic E-state index is 0.0267. The van der Waals surface area contributed by atoms with Gasteiger partial charge in [-0.2, -0.15) is 0 Å². The molecule has 0 amide bonds. The van der Waals surface area contributed by atoms with E-state index >= 15 is 0 Å². The Labute approximate surface area is 135 Å². The van der Waals surface area contributed by atoms with Crippen molar-refractivity contribution in [2.45, 2.75) is 25.4 Å². The number of phenolic OH excluding ortho intramolecular Hbond substituents is 1. The summed E-state index contributed by atoms with van der Waals surface area (Å²) in [5, 5.41) is 18.7. The Morgan fingerprint density at radius 3 is 2.09 bits per heavy atom. The molecule has 1 aromatic carbocycles. The van der Waals surface area contributed by atoms with Crippen molar-refractivity contribution in [2.75, 3.05) is 11.5 Å². The summed E-state index contributed by atoms with van der Waals surface area (Å²) in [6.07, 6.45) is 0. The lowest BCUT2D eigenvalue weighted by Gasteiger charge is -2.36. The highest BCUT2D eigenvalue weighted by Crippen LogP contribution is 2.44. The van der Waals surface area contributed by atoms with E-state index in [1.165, 1.54) is 6.07 Å². The Morgan fingerprint density at radius 1 is 1.13 bits per heavy atom. The van der Waals surface area contributed by atoms with Gasteiger partial charge in [0.2, 0.25) is 5.39 Å². The maximum atomic E-state index is 12.6. The van der Waals surface area contributed by atoms with Crippen molar-refractivity contribution < 1.29 is 21.9 Å². The van der Waals surface area contributed by atoms with E-state index in [0.29, 0.717) is 0 Å². The average molecular weight is 359 g/mol. The first-order valence-electron chi connectivity index (χ1n) is 6.99. The standard InChI is InChI=1S/C14H18N2O5S2/c1-14(2,3)9-7-22(18,19)13(23(20,21)8-9)11-6-10(16-15)4-5-12(11)17/h4-6,9,13H,7-8H2,1-3H3/p+1. The van der Waals surface area contributed by atoms with Crippen molar-refractivity contribution >= 4 is 25.4 Å². The molecular weight excluding hydrogens is 340 g/mol. The zero-order chi connectivity index (χ0) is 17.6. The topological polar surface area (TPSA) is 117 Å². The normalized spacial score (nSPS) is 26.3. The van der Waals surface area contributed by atoms with Gasteiger partial charge in [-0.3, -0.25) is 0 Å². The van der Waals surface area contributed by atoms with E-state index < -0.39 is 41.3 Å². The van der Waals surface area contributed by atoms with Crippen LogP contribution in [0.4, 0.5) is 5.69 Å². The molecule has 0 bridgehead atoms. The van der Waals surface area contributed by atoms with Crippen LogP contribution in [-0.2, 0) is 19.7 Å². The number of diazo groups is 1. The molecule has 23 heavy (non-hydrogen) atoms. The molecule has 7 nitrogen and oxygen atoms in total. The van der Waals surface area contributed by atoms with Crippen LogP contribution in [0.3, 0.4) is 0 Å². The molecule has 9 heteroatoms. The van der Waals surface area contributed by atoms with Crippen molar-refractivity contribution in [3.8, 4) is 5.75 Å². The number of nitrogens with zero attached hydrogens (tertiary/aromatic N) is 2. The van der Waals surface area contributed by atoms with Crippen LogP contribution >= 0.6 is 0 Å². The summed E-state index contributed by atoms with van der Waals surface area (Å²) < 4.78 is 48.7. The molecule has 2 rings (SSSR count). The van der Waals surface area contributed by atoms with Crippen LogP contribution in [0.15, 0.2) is 18.2 Å². The van der Waals surface area contributed by atoms with Crippen LogP contribution in [0.2, 0.25) is 0 Å². The van der Waals surface area contributed by atoms with Crippen molar-refractivity contribution in [3.05, 3.63) is 28.7 Å². The second kappa shape index (κ2) is 5.46. The van der Waals surface area contributed by atoms with E-state index in [4.69, 9.17) is 5.39 Å². The Bertz CT molecular complexity index is 841. The van der Waals surface area contributed by atoms with Crippen LogP contribution in [0.5, 0.6) is 5.75 Å². The zero-order valence-corrected chi connectivity index (χ0v) is 14.7. The molecule has 0 atom stereocenters. The number of rotatable bonds is 1. The van der Waals surface area contributed by atoms with E-state index in [1.807, 2.05) is 0 Å². The monoisotopic (exact) mass is 359 g/mol. The Morgan fingerprint density at radius 2 is 1.65 bits per heavy atom. The molecule has 1 heterocycles. The molecule has 126 valence electrons. The highest BCUT2D eigenvalue weighted by molar-refractivity contribution is 8.09. The predicted octanol–water partition coefficient (Wildman–Crippen LogP) is 2.38.